The summed E-state index contributed by atoms with van der Waals surface area (Å²) in [6, 6.07) is 11.5. The van der Waals surface area contributed by atoms with Gasteiger partial charge in [0.1, 0.15) is 5.82 Å². The Balaban J connectivity index is 2.31. The highest BCUT2D eigenvalue weighted by Gasteiger charge is 2.21. The third kappa shape index (κ3) is 1.21. The van der Waals surface area contributed by atoms with Crippen molar-refractivity contribution in [1.82, 2.24) is 0 Å². The molecule has 15 heavy (non-hydrogen) atoms. The highest BCUT2D eigenvalue weighted by atomic mass is 32.1. The number of hydrogen-bond acceptors (Lipinski definition) is 1. The Morgan fingerprint density at radius 1 is 1.00 bits per heavy atom. The summed E-state index contributed by atoms with van der Waals surface area (Å²) < 4.78 is 13.3. The molecule has 1 aliphatic carbocycles. The van der Waals surface area contributed by atoms with E-state index in [1.807, 2.05) is 18.2 Å². The fourth-order valence-corrected chi connectivity index (χ4v) is 2.44. The van der Waals surface area contributed by atoms with E-state index in [4.69, 9.17) is 0 Å². The molecule has 0 bridgehead atoms. The minimum Gasteiger partial charge on any atom is -0.206 e. The summed E-state index contributed by atoms with van der Waals surface area (Å²) in [5.74, 6) is -0.232. The van der Waals surface area contributed by atoms with Gasteiger partial charge in [-0.25, -0.2) is 4.39 Å². The summed E-state index contributed by atoms with van der Waals surface area (Å²) in [4.78, 5) is 0.490. The normalized spacial score (nSPS) is 12.4. The second-order valence-electron chi connectivity index (χ2n) is 3.76. The minimum atomic E-state index is -0.232. The Labute approximate surface area is 93.2 Å². The van der Waals surface area contributed by atoms with Gasteiger partial charge in [-0.2, -0.15) is 0 Å². The maximum atomic E-state index is 13.3. The third-order valence-electron chi connectivity index (χ3n) is 2.91. The van der Waals surface area contributed by atoms with Crippen LogP contribution in [0, 0.1) is 5.82 Å². The molecule has 0 heterocycles. The zero-order valence-corrected chi connectivity index (χ0v) is 8.89. The van der Waals surface area contributed by atoms with Gasteiger partial charge in [-0.15, -0.1) is 12.6 Å². The number of thiol groups is 1. The van der Waals surface area contributed by atoms with Gasteiger partial charge in [-0.3, -0.25) is 0 Å². The van der Waals surface area contributed by atoms with Gasteiger partial charge in [0.25, 0.3) is 0 Å². The lowest BCUT2D eigenvalue weighted by Crippen LogP contribution is -1.87. The van der Waals surface area contributed by atoms with E-state index in [0.29, 0.717) is 4.90 Å². The molecule has 0 saturated carbocycles. The van der Waals surface area contributed by atoms with Gasteiger partial charge >= 0.3 is 0 Å². The van der Waals surface area contributed by atoms with Crippen LogP contribution in [0.25, 0.3) is 11.1 Å². The molecule has 0 aromatic heterocycles. The van der Waals surface area contributed by atoms with E-state index >= 15 is 0 Å². The molecule has 0 spiro atoms. The molecule has 0 fully saturated rings. The molecule has 3 rings (SSSR count). The van der Waals surface area contributed by atoms with Crippen molar-refractivity contribution in [3.05, 3.63) is 53.3 Å². The van der Waals surface area contributed by atoms with Gasteiger partial charge in [0.15, 0.2) is 0 Å². The van der Waals surface area contributed by atoms with Crippen molar-refractivity contribution in [3.63, 3.8) is 0 Å². The van der Waals surface area contributed by atoms with Crippen molar-refractivity contribution in [2.24, 2.45) is 0 Å². The molecule has 0 radical (unpaired) electrons. The predicted octanol–water partition coefficient (Wildman–Crippen LogP) is 3.69. The lowest BCUT2D eigenvalue weighted by Gasteiger charge is -2.03. The van der Waals surface area contributed by atoms with Crippen molar-refractivity contribution in [1.29, 1.82) is 0 Å². The van der Waals surface area contributed by atoms with E-state index in [0.717, 1.165) is 17.5 Å². The van der Waals surface area contributed by atoms with Crippen molar-refractivity contribution >= 4 is 12.6 Å². The Bertz CT molecular complexity index is 546. The maximum Gasteiger partial charge on any atom is 0.136 e. The molecule has 0 unspecified atom stereocenters. The number of benzene rings is 2. The number of hydrogen-bond donors (Lipinski definition) is 1. The monoisotopic (exact) mass is 216 g/mol. The smallest absolute Gasteiger partial charge is 0.136 e. The first-order valence-corrected chi connectivity index (χ1v) is 5.30. The molecule has 2 aromatic carbocycles. The molecule has 0 amide bonds. The molecular formula is C13H9FS. The fraction of sp³-hybridized carbons (Fsp3) is 0.0769. The molecule has 0 N–H and O–H groups in total. The van der Waals surface area contributed by atoms with Gasteiger partial charge in [-0.1, -0.05) is 30.3 Å². The molecule has 1 aliphatic rings. The van der Waals surface area contributed by atoms with Gasteiger partial charge < -0.3 is 0 Å². The first-order chi connectivity index (χ1) is 7.27. The summed E-state index contributed by atoms with van der Waals surface area (Å²) in [5, 5.41) is 0. The molecule has 74 valence electrons. The van der Waals surface area contributed by atoms with Crippen LogP contribution in [-0.4, -0.2) is 0 Å². The first-order valence-electron chi connectivity index (χ1n) is 4.86. The van der Waals surface area contributed by atoms with Crippen molar-refractivity contribution in [2.75, 3.05) is 0 Å². The number of fused-ring (bicyclic) bond motifs is 3. The minimum absolute atomic E-state index is 0.232. The highest BCUT2D eigenvalue weighted by molar-refractivity contribution is 7.80. The fourth-order valence-electron chi connectivity index (χ4n) is 2.17. The van der Waals surface area contributed by atoms with Crippen LogP contribution in [0.1, 0.15) is 11.1 Å². The van der Waals surface area contributed by atoms with Crippen LogP contribution in [0.2, 0.25) is 0 Å². The van der Waals surface area contributed by atoms with E-state index in [9.17, 15) is 4.39 Å². The Morgan fingerprint density at radius 3 is 2.67 bits per heavy atom. The maximum absolute atomic E-state index is 13.3. The van der Waals surface area contributed by atoms with Crippen LogP contribution in [0.15, 0.2) is 41.3 Å². The van der Waals surface area contributed by atoms with Crippen LogP contribution in [0.4, 0.5) is 4.39 Å². The Hall–Kier alpha value is -1.28. The van der Waals surface area contributed by atoms with Gasteiger partial charge in [0.05, 0.1) is 0 Å². The van der Waals surface area contributed by atoms with E-state index in [2.05, 4.69) is 24.8 Å². The van der Waals surface area contributed by atoms with Gasteiger partial charge in [0.2, 0.25) is 0 Å². The standard InChI is InChI=1S/C13H9FS/c14-12-6-5-10-9-4-2-1-3-8(9)7-11(10)13(12)15/h1-6,15H,7H2. The summed E-state index contributed by atoms with van der Waals surface area (Å²) in [6.07, 6.45) is 0.794. The van der Waals surface area contributed by atoms with Gasteiger partial charge in [0, 0.05) is 4.90 Å². The summed E-state index contributed by atoms with van der Waals surface area (Å²) in [6.45, 7) is 0. The van der Waals surface area contributed by atoms with Crippen molar-refractivity contribution < 1.29 is 4.39 Å². The van der Waals surface area contributed by atoms with E-state index in [1.54, 1.807) is 0 Å². The summed E-state index contributed by atoms with van der Waals surface area (Å²) >= 11 is 4.23. The SMILES string of the molecule is Fc1ccc2c(c1S)Cc1ccccc1-2. The molecule has 0 saturated heterocycles. The third-order valence-corrected chi connectivity index (χ3v) is 3.39. The van der Waals surface area contributed by atoms with Crippen molar-refractivity contribution in [3.8, 4) is 11.1 Å². The lowest BCUT2D eigenvalue weighted by atomic mass is 10.1. The predicted molar refractivity (Wildman–Crippen MR) is 61.9 cm³/mol. The lowest BCUT2D eigenvalue weighted by molar-refractivity contribution is 0.600. The van der Waals surface area contributed by atoms with E-state index in [1.165, 1.54) is 17.2 Å². The Kier molecular flexibility index (Phi) is 1.86. The van der Waals surface area contributed by atoms with Crippen LogP contribution in [-0.2, 0) is 6.42 Å². The van der Waals surface area contributed by atoms with E-state index in [-0.39, 0.29) is 5.82 Å². The zero-order chi connectivity index (χ0) is 10.4. The molecule has 0 aliphatic heterocycles. The average Bonchev–Trinajstić information content (AvgIpc) is 2.63. The quantitative estimate of drug-likeness (QED) is 0.544. The van der Waals surface area contributed by atoms with Crippen LogP contribution >= 0.6 is 12.6 Å². The molecular weight excluding hydrogens is 207 g/mol. The number of halogens is 1. The molecule has 0 nitrogen and oxygen atoms in total. The van der Waals surface area contributed by atoms with Crippen LogP contribution in [0.5, 0.6) is 0 Å². The van der Waals surface area contributed by atoms with Crippen LogP contribution in [0.3, 0.4) is 0 Å². The highest BCUT2D eigenvalue weighted by Crippen LogP contribution is 2.39. The van der Waals surface area contributed by atoms with E-state index < -0.39 is 0 Å². The zero-order valence-electron chi connectivity index (χ0n) is 8.00. The molecule has 0 atom stereocenters. The molecule has 2 aromatic rings. The first kappa shape index (κ1) is 8.98. The topological polar surface area (TPSA) is 0 Å². The molecule has 2 heteroatoms. The average molecular weight is 216 g/mol. The largest absolute Gasteiger partial charge is 0.206 e. The summed E-state index contributed by atoms with van der Waals surface area (Å²) in [5.41, 5.74) is 4.60. The van der Waals surface area contributed by atoms with Crippen LogP contribution < -0.4 is 0 Å². The second-order valence-corrected chi connectivity index (χ2v) is 4.20. The summed E-state index contributed by atoms with van der Waals surface area (Å²) in [7, 11) is 0. The second kappa shape index (κ2) is 3.11. The Morgan fingerprint density at radius 2 is 1.80 bits per heavy atom. The number of rotatable bonds is 0. The van der Waals surface area contributed by atoms with Gasteiger partial charge in [-0.05, 0) is 34.7 Å². The van der Waals surface area contributed by atoms with Crippen molar-refractivity contribution in [2.45, 2.75) is 11.3 Å².